The standard InChI is InChI=1S/C9H17N3O2/c1-11(2)6-8(9(13)14)5-10-7-12(3)4/h6-7H,5H2,1-4H3,(H,13,14). The second-order valence-electron chi connectivity index (χ2n) is 3.34. The van der Waals surface area contributed by atoms with E-state index in [1.807, 2.05) is 14.1 Å². The molecule has 0 aromatic heterocycles. The van der Waals surface area contributed by atoms with Gasteiger partial charge in [0.25, 0.3) is 0 Å². The fourth-order valence-corrected chi connectivity index (χ4v) is 0.778. The predicted octanol–water partition coefficient (Wildman–Crippen LogP) is 0.106. The summed E-state index contributed by atoms with van der Waals surface area (Å²) in [6, 6.07) is 0. The van der Waals surface area contributed by atoms with E-state index in [9.17, 15) is 4.79 Å². The Morgan fingerprint density at radius 3 is 2.21 bits per heavy atom. The van der Waals surface area contributed by atoms with E-state index in [1.165, 1.54) is 0 Å². The van der Waals surface area contributed by atoms with Gasteiger partial charge >= 0.3 is 5.97 Å². The lowest BCUT2D eigenvalue weighted by molar-refractivity contribution is -0.132. The maximum absolute atomic E-state index is 10.7. The van der Waals surface area contributed by atoms with Crippen LogP contribution in [0.1, 0.15) is 0 Å². The van der Waals surface area contributed by atoms with Gasteiger partial charge in [0.15, 0.2) is 0 Å². The monoisotopic (exact) mass is 199 g/mol. The summed E-state index contributed by atoms with van der Waals surface area (Å²) in [5.74, 6) is -0.936. The van der Waals surface area contributed by atoms with E-state index in [2.05, 4.69) is 4.99 Å². The number of carbonyl (C=O) groups is 1. The quantitative estimate of drug-likeness (QED) is 0.388. The van der Waals surface area contributed by atoms with Gasteiger partial charge in [0.05, 0.1) is 18.5 Å². The van der Waals surface area contributed by atoms with Gasteiger partial charge in [-0.2, -0.15) is 0 Å². The number of nitrogens with zero attached hydrogens (tertiary/aromatic N) is 3. The molecule has 0 aliphatic rings. The van der Waals surface area contributed by atoms with Crippen LogP contribution in [-0.4, -0.2) is 61.9 Å². The van der Waals surface area contributed by atoms with E-state index >= 15 is 0 Å². The molecule has 0 aromatic carbocycles. The molecule has 0 unspecified atom stereocenters. The molecule has 5 nitrogen and oxygen atoms in total. The molecule has 14 heavy (non-hydrogen) atoms. The van der Waals surface area contributed by atoms with Crippen LogP contribution in [0, 0.1) is 0 Å². The largest absolute Gasteiger partial charge is 0.478 e. The lowest BCUT2D eigenvalue weighted by Crippen LogP contribution is -2.13. The van der Waals surface area contributed by atoms with Crippen LogP contribution in [0.15, 0.2) is 16.8 Å². The minimum absolute atomic E-state index is 0.186. The second kappa shape index (κ2) is 6.01. The van der Waals surface area contributed by atoms with Crippen molar-refractivity contribution < 1.29 is 9.90 Å². The summed E-state index contributed by atoms with van der Waals surface area (Å²) in [7, 11) is 7.22. The topological polar surface area (TPSA) is 56.1 Å². The summed E-state index contributed by atoms with van der Waals surface area (Å²) in [6.45, 7) is 0.186. The third-order valence-electron chi connectivity index (χ3n) is 1.26. The molecule has 0 heterocycles. The maximum Gasteiger partial charge on any atom is 0.334 e. The first-order valence-corrected chi connectivity index (χ1v) is 4.20. The van der Waals surface area contributed by atoms with Crippen molar-refractivity contribution in [1.29, 1.82) is 0 Å². The van der Waals surface area contributed by atoms with Crippen LogP contribution < -0.4 is 0 Å². The van der Waals surface area contributed by atoms with Crippen molar-refractivity contribution in [2.24, 2.45) is 4.99 Å². The van der Waals surface area contributed by atoms with Crippen molar-refractivity contribution in [3.8, 4) is 0 Å². The van der Waals surface area contributed by atoms with Crippen LogP contribution in [0.25, 0.3) is 0 Å². The summed E-state index contributed by atoms with van der Waals surface area (Å²) in [5, 5.41) is 8.80. The lowest BCUT2D eigenvalue weighted by atomic mass is 10.3. The third-order valence-corrected chi connectivity index (χ3v) is 1.26. The van der Waals surface area contributed by atoms with Gasteiger partial charge in [0, 0.05) is 34.4 Å². The Labute approximate surface area is 84.3 Å². The van der Waals surface area contributed by atoms with Crippen molar-refractivity contribution in [2.75, 3.05) is 34.7 Å². The van der Waals surface area contributed by atoms with Gasteiger partial charge in [-0.25, -0.2) is 4.79 Å². The second-order valence-corrected chi connectivity index (χ2v) is 3.34. The zero-order valence-corrected chi connectivity index (χ0v) is 9.06. The molecule has 0 bridgehead atoms. The van der Waals surface area contributed by atoms with Gasteiger partial charge < -0.3 is 14.9 Å². The van der Waals surface area contributed by atoms with E-state index in [0.717, 1.165) is 0 Å². The number of carboxylic acids is 1. The zero-order chi connectivity index (χ0) is 11.1. The molecule has 1 N–H and O–H groups in total. The number of hydrogen-bond donors (Lipinski definition) is 1. The Balaban J connectivity index is 4.33. The predicted molar refractivity (Wildman–Crippen MR) is 56.5 cm³/mol. The van der Waals surface area contributed by atoms with Crippen LogP contribution in [0.2, 0.25) is 0 Å². The lowest BCUT2D eigenvalue weighted by Gasteiger charge is -2.07. The van der Waals surface area contributed by atoms with Gasteiger partial charge in [-0.05, 0) is 0 Å². The Morgan fingerprint density at radius 1 is 1.29 bits per heavy atom. The van der Waals surface area contributed by atoms with E-state index in [1.54, 1.807) is 36.4 Å². The minimum Gasteiger partial charge on any atom is -0.478 e. The van der Waals surface area contributed by atoms with Crippen molar-refractivity contribution >= 4 is 12.3 Å². The number of aliphatic imine (C=N–C) groups is 1. The van der Waals surface area contributed by atoms with E-state index < -0.39 is 5.97 Å². The Hall–Kier alpha value is -1.52. The van der Waals surface area contributed by atoms with Crippen molar-refractivity contribution in [1.82, 2.24) is 9.80 Å². The first-order chi connectivity index (χ1) is 6.43. The number of hydrogen-bond acceptors (Lipinski definition) is 3. The summed E-state index contributed by atoms with van der Waals surface area (Å²) < 4.78 is 0. The summed E-state index contributed by atoms with van der Waals surface area (Å²) in [6.07, 6.45) is 3.14. The van der Waals surface area contributed by atoms with Gasteiger partial charge in [-0.1, -0.05) is 0 Å². The molecular weight excluding hydrogens is 182 g/mol. The number of aliphatic carboxylic acids is 1. The van der Waals surface area contributed by atoms with Crippen molar-refractivity contribution in [3.05, 3.63) is 11.8 Å². The third kappa shape index (κ3) is 6.05. The highest BCUT2D eigenvalue weighted by molar-refractivity contribution is 5.87. The van der Waals surface area contributed by atoms with Crippen LogP contribution in [0.5, 0.6) is 0 Å². The highest BCUT2D eigenvalue weighted by Gasteiger charge is 2.05. The summed E-state index contributed by atoms with van der Waals surface area (Å²) in [5.41, 5.74) is 0.271. The molecule has 5 heteroatoms. The molecule has 0 amide bonds. The van der Waals surface area contributed by atoms with Crippen molar-refractivity contribution in [3.63, 3.8) is 0 Å². The molecule has 80 valence electrons. The number of rotatable bonds is 5. The van der Waals surface area contributed by atoms with E-state index in [-0.39, 0.29) is 12.1 Å². The van der Waals surface area contributed by atoms with Gasteiger partial charge in [-0.15, -0.1) is 0 Å². The molecular formula is C9H17N3O2. The average Bonchev–Trinajstić information content (AvgIpc) is 2.00. The van der Waals surface area contributed by atoms with Gasteiger partial charge in [0.1, 0.15) is 0 Å². The molecule has 0 rings (SSSR count). The summed E-state index contributed by atoms with van der Waals surface area (Å²) in [4.78, 5) is 18.1. The van der Waals surface area contributed by atoms with Crippen LogP contribution in [0.3, 0.4) is 0 Å². The van der Waals surface area contributed by atoms with E-state index in [0.29, 0.717) is 0 Å². The van der Waals surface area contributed by atoms with E-state index in [4.69, 9.17) is 5.11 Å². The highest BCUT2D eigenvalue weighted by atomic mass is 16.4. The van der Waals surface area contributed by atoms with Crippen LogP contribution in [-0.2, 0) is 4.79 Å². The van der Waals surface area contributed by atoms with Crippen molar-refractivity contribution in [2.45, 2.75) is 0 Å². The van der Waals surface area contributed by atoms with Crippen LogP contribution >= 0.6 is 0 Å². The maximum atomic E-state index is 10.7. The first kappa shape index (κ1) is 12.5. The Bertz CT molecular complexity index is 244. The molecule has 0 radical (unpaired) electrons. The number of carboxylic acid groups (broad SMARTS) is 1. The average molecular weight is 199 g/mol. The SMILES string of the molecule is CN(C)C=NCC(=CN(C)C)C(=O)O. The molecule has 0 saturated carbocycles. The minimum atomic E-state index is -0.936. The Kier molecular flexibility index (Phi) is 5.36. The molecule has 0 atom stereocenters. The normalized spacial score (nSPS) is 11.9. The molecule has 0 aromatic rings. The van der Waals surface area contributed by atoms with Crippen LogP contribution in [0.4, 0.5) is 0 Å². The molecule has 0 aliphatic carbocycles. The smallest absolute Gasteiger partial charge is 0.334 e. The fourth-order valence-electron chi connectivity index (χ4n) is 0.778. The highest BCUT2D eigenvalue weighted by Crippen LogP contribution is 1.96. The molecule has 0 saturated heterocycles. The molecule has 0 spiro atoms. The molecule has 0 fully saturated rings. The van der Waals surface area contributed by atoms with Gasteiger partial charge in [0.2, 0.25) is 0 Å². The molecule has 0 aliphatic heterocycles. The fraction of sp³-hybridized carbons (Fsp3) is 0.556. The zero-order valence-electron chi connectivity index (χ0n) is 9.06. The first-order valence-electron chi connectivity index (χ1n) is 4.20. The summed E-state index contributed by atoms with van der Waals surface area (Å²) >= 11 is 0. The Morgan fingerprint density at radius 2 is 1.86 bits per heavy atom. The van der Waals surface area contributed by atoms with Gasteiger partial charge in [-0.3, -0.25) is 4.99 Å².